The van der Waals surface area contributed by atoms with Crippen LogP contribution in [0.4, 0.5) is 0 Å². The summed E-state index contributed by atoms with van der Waals surface area (Å²) in [6, 6.07) is 14.4. The molecule has 0 aliphatic rings. The number of nitrogens with zero attached hydrogens (tertiary/aromatic N) is 1. The summed E-state index contributed by atoms with van der Waals surface area (Å²) in [5, 5.41) is 14.5. The highest BCUT2D eigenvalue weighted by molar-refractivity contribution is 7.12. The third kappa shape index (κ3) is 4.69. The molecule has 0 saturated carbocycles. The van der Waals surface area contributed by atoms with E-state index in [1.54, 1.807) is 41.8 Å². The topological polar surface area (TPSA) is 111 Å². The van der Waals surface area contributed by atoms with Crippen LogP contribution in [0.15, 0.2) is 64.8 Å². The predicted octanol–water partition coefficient (Wildman–Crippen LogP) is 2.78. The molecule has 0 amide bonds. The summed E-state index contributed by atoms with van der Waals surface area (Å²) >= 11 is 1.28. The lowest BCUT2D eigenvalue weighted by molar-refractivity contribution is 0.0694. The van der Waals surface area contributed by atoms with Crippen molar-refractivity contribution in [2.75, 3.05) is 6.61 Å². The number of carboxylic acids is 1. The zero-order valence-electron chi connectivity index (χ0n) is 18.1. The number of thiophene rings is 1. The van der Waals surface area contributed by atoms with Crippen LogP contribution in [-0.4, -0.2) is 33.4 Å². The van der Waals surface area contributed by atoms with Crippen LogP contribution in [0, 0.1) is 0 Å². The molecule has 2 aromatic carbocycles. The minimum absolute atomic E-state index is 0.119. The molecule has 2 aromatic heterocycles. The lowest BCUT2D eigenvalue weighted by Crippen LogP contribution is -2.33. The van der Waals surface area contributed by atoms with E-state index >= 15 is 0 Å². The Morgan fingerprint density at radius 3 is 2.56 bits per heavy atom. The number of hydrogen-bond donors (Lipinski definition) is 2. The number of hydrogen-bond acceptors (Lipinski definition) is 6. The first-order chi connectivity index (χ1) is 16.4. The molecule has 0 radical (unpaired) electrons. The first-order valence-electron chi connectivity index (χ1n) is 10.3. The van der Waals surface area contributed by atoms with Crippen molar-refractivity contribution in [3.05, 3.63) is 96.9 Å². The Hall–Kier alpha value is -4.37. The smallest absolute Gasteiger partial charge is 0.353 e. The van der Waals surface area contributed by atoms with Gasteiger partial charge >= 0.3 is 11.9 Å². The van der Waals surface area contributed by atoms with E-state index in [9.17, 15) is 14.4 Å². The number of ether oxygens (including phenoxy) is 2. The number of esters is 1. The maximum Gasteiger partial charge on any atom is 0.353 e. The van der Waals surface area contributed by atoms with Gasteiger partial charge in [0.05, 0.1) is 28.4 Å². The van der Waals surface area contributed by atoms with Crippen molar-refractivity contribution in [3.8, 4) is 17.2 Å². The Kier molecular flexibility index (Phi) is 6.46. The number of carboxylic acid groups (broad SMARTS) is 1. The molecule has 4 rings (SSSR count). The fourth-order valence-corrected chi connectivity index (χ4v) is 3.86. The Morgan fingerprint density at radius 1 is 1.15 bits per heavy atom. The van der Waals surface area contributed by atoms with E-state index in [4.69, 9.17) is 14.6 Å². The summed E-state index contributed by atoms with van der Waals surface area (Å²) in [4.78, 5) is 36.9. The van der Waals surface area contributed by atoms with Crippen LogP contribution < -0.4 is 25.6 Å². The summed E-state index contributed by atoms with van der Waals surface area (Å²) in [5.41, 5.74) is 0.895. The molecule has 0 unspecified atom stereocenters. The quantitative estimate of drug-likeness (QED) is 0.314. The van der Waals surface area contributed by atoms with E-state index in [1.165, 1.54) is 40.3 Å². The van der Waals surface area contributed by atoms with Crippen molar-refractivity contribution in [2.24, 2.45) is 0 Å². The van der Waals surface area contributed by atoms with E-state index in [0.29, 0.717) is 39.1 Å². The molecule has 0 spiro atoms. The zero-order valence-corrected chi connectivity index (χ0v) is 18.9. The van der Waals surface area contributed by atoms with Crippen LogP contribution in [0.25, 0.3) is 18.3 Å². The first-order valence-corrected chi connectivity index (χ1v) is 11.1. The molecule has 0 bridgehead atoms. The van der Waals surface area contributed by atoms with E-state index in [2.05, 4.69) is 11.7 Å². The van der Waals surface area contributed by atoms with Crippen molar-refractivity contribution in [2.45, 2.75) is 6.92 Å². The summed E-state index contributed by atoms with van der Waals surface area (Å²) in [6.45, 7) is 6.09. The van der Waals surface area contributed by atoms with Crippen molar-refractivity contribution in [1.82, 2.24) is 9.78 Å². The molecule has 4 aromatic rings. The molecular formula is C25H20N2O6S. The fraction of sp³-hybridized carbons (Fsp3) is 0.0800. The summed E-state index contributed by atoms with van der Waals surface area (Å²) in [7, 11) is 0. The number of carbonyl (C=O) groups excluding carboxylic acids is 1. The largest absolute Gasteiger partial charge is 0.490 e. The second-order valence-corrected chi connectivity index (χ2v) is 8.09. The highest BCUT2D eigenvalue weighted by Crippen LogP contribution is 2.30. The van der Waals surface area contributed by atoms with Crippen LogP contribution in [-0.2, 0) is 0 Å². The molecular weight excluding hydrogens is 456 g/mol. The van der Waals surface area contributed by atoms with Gasteiger partial charge in [-0.25, -0.2) is 14.3 Å². The molecule has 0 saturated heterocycles. The zero-order chi connectivity index (χ0) is 24.2. The van der Waals surface area contributed by atoms with E-state index in [0.717, 1.165) is 0 Å². The maximum absolute atomic E-state index is 13.0. The third-order valence-corrected chi connectivity index (χ3v) is 5.73. The van der Waals surface area contributed by atoms with Crippen molar-refractivity contribution < 1.29 is 24.2 Å². The molecule has 2 N–H and O–H groups in total. The van der Waals surface area contributed by atoms with Gasteiger partial charge in [0.1, 0.15) is 4.88 Å². The van der Waals surface area contributed by atoms with Crippen LogP contribution in [0.3, 0.4) is 0 Å². The molecule has 34 heavy (non-hydrogen) atoms. The molecule has 0 aliphatic heterocycles. The Labute approximate surface area is 197 Å². The second-order valence-electron chi connectivity index (χ2n) is 7.15. The maximum atomic E-state index is 13.0. The molecule has 8 nitrogen and oxygen atoms in total. The van der Waals surface area contributed by atoms with E-state index < -0.39 is 11.9 Å². The number of carbonyl (C=O) groups is 2. The summed E-state index contributed by atoms with van der Waals surface area (Å²) < 4.78 is 12.4. The average Bonchev–Trinajstić information content (AvgIpc) is 3.46. The molecule has 0 fully saturated rings. The normalized spacial score (nSPS) is 11.4. The third-order valence-electron chi connectivity index (χ3n) is 4.88. The number of H-pyrrole nitrogens is 1. The van der Waals surface area contributed by atoms with Crippen LogP contribution in [0.1, 0.15) is 32.5 Å². The fourth-order valence-electron chi connectivity index (χ4n) is 3.26. The number of aromatic amines is 1. The number of aromatic nitrogens is 2. The van der Waals surface area contributed by atoms with Gasteiger partial charge < -0.3 is 14.6 Å². The van der Waals surface area contributed by atoms with Gasteiger partial charge in [-0.1, -0.05) is 18.7 Å². The van der Waals surface area contributed by atoms with Crippen LogP contribution >= 0.6 is 11.3 Å². The van der Waals surface area contributed by atoms with Gasteiger partial charge in [-0.15, -0.1) is 11.3 Å². The Bertz CT molecular complexity index is 1520. The van der Waals surface area contributed by atoms with Gasteiger partial charge in [-0.2, -0.15) is 0 Å². The number of nitrogens with one attached hydrogen (secondary N) is 1. The van der Waals surface area contributed by atoms with E-state index in [1.807, 2.05) is 6.92 Å². The highest BCUT2D eigenvalue weighted by Gasteiger charge is 2.14. The van der Waals surface area contributed by atoms with Gasteiger partial charge in [-0.3, -0.25) is 9.89 Å². The molecule has 2 heterocycles. The second kappa shape index (κ2) is 9.63. The van der Waals surface area contributed by atoms with Crippen molar-refractivity contribution in [1.29, 1.82) is 0 Å². The van der Waals surface area contributed by atoms with E-state index in [-0.39, 0.29) is 16.9 Å². The van der Waals surface area contributed by atoms with Crippen molar-refractivity contribution >= 4 is 35.9 Å². The number of aromatic carboxylic acids is 1. The van der Waals surface area contributed by atoms with Crippen LogP contribution in [0.2, 0.25) is 0 Å². The molecule has 0 atom stereocenters. The Morgan fingerprint density at radius 2 is 1.91 bits per heavy atom. The lowest BCUT2D eigenvalue weighted by Gasteiger charge is -2.10. The standard InChI is InChI=1S/C25H20N2O6S/c1-3-32-21-14-16(6-11-20(21)33-25(31)22-5-4-12-34-22)13-19-15(2)26-27(23(19)28)18-9-7-17(8-10-18)24(29)30/h4-14,26H,2-3H2,1H3,(H,29,30). The van der Waals surface area contributed by atoms with Crippen LogP contribution in [0.5, 0.6) is 11.5 Å². The number of rotatable bonds is 7. The minimum Gasteiger partial charge on any atom is -0.490 e. The van der Waals surface area contributed by atoms with Crippen molar-refractivity contribution in [3.63, 3.8) is 0 Å². The monoisotopic (exact) mass is 476 g/mol. The number of benzene rings is 2. The predicted molar refractivity (Wildman–Crippen MR) is 129 cm³/mol. The minimum atomic E-state index is -1.05. The van der Waals surface area contributed by atoms with Gasteiger partial charge in [0.2, 0.25) is 0 Å². The molecule has 9 heteroatoms. The summed E-state index contributed by atoms with van der Waals surface area (Å²) in [6.07, 6.45) is 1.65. The molecule has 172 valence electrons. The molecule has 0 aliphatic carbocycles. The van der Waals surface area contributed by atoms with Gasteiger partial charge in [0.15, 0.2) is 11.5 Å². The Balaban J connectivity index is 1.69. The SMILES string of the molecule is C=c1[nH]n(-c2ccc(C(=O)O)cc2)c(=O)c1=Cc1ccc(OC(=O)c2cccs2)c(OCC)c1. The lowest BCUT2D eigenvalue weighted by atomic mass is 10.1. The van der Waals surface area contributed by atoms with Gasteiger partial charge in [0.25, 0.3) is 5.56 Å². The average molecular weight is 477 g/mol. The van der Waals surface area contributed by atoms with Gasteiger partial charge in [-0.05, 0) is 66.4 Å². The highest BCUT2D eigenvalue weighted by atomic mass is 32.1. The summed E-state index contributed by atoms with van der Waals surface area (Å²) in [5.74, 6) is -0.883. The van der Waals surface area contributed by atoms with Gasteiger partial charge in [0, 0.05) is 0 Å². The first kappa shape index (κ1) is 22.8.